The molecule has 2 aromatic carbocycles. The van der Waals surface area contributed by atoms with Gasteiger partial charge in [-0.05, 0) is 35.4 Å². The maximum atomic E-state index is 14.0. The zero-order chi connectivity index (χ0) is 35.8. The third-order valence-corrected chi connectivity index (χ3v) is 6.11. The van der Waals surface area contributed by atoms with E-state index in [1.165, 1.54) is 18.2 Å². The van der Waals surface area contributed by atoms with Crippen LogP contribution in [0.2, 0.25) is 0 Å². The van der Waals surface area contributed by atoms with E-state index in [0.29, 0.717) is 16.9 Å². The van der Waals surface area contributed by atoms with Crippen molar-refractivity contribution in [2.45, 2.75) is 54.1 Å². The van der Waals surface area contributed by atoms with Crippen molar-refractivity contribution >= 4 is 5.97 Å². The third kappa shape index (κ3) is 6.43. The van der Waals surface area contributed by atoms with Gasteiger partial charge in [0.1, 0.15) is 12.4 Å². The summed E-state index contributed by atoms with van der Waals surface area (Å²) in [6, 6.07) is 10.8. The van der Waals surface area contributed by atoms with Crippen LogP contribution in [0.4, 0.5) is 74.6 Å². The first-order chi connectivity index (χ1) is 20.6. The SMILES string of the molecule is C=CCOc1ccc(-c2ccc(C(=O)OCCC(F)(F)C(F)(F)C(F)(F)C(F)(F)C(F)(F)C(F)(F)C(F)(F)C(F)(F)F)cc2)cc1. The zero-order valence-corrected chi connectivity index (χ0v) is 22.2. The molecule has 0 amide bonds. The van der Waals surface area contributed by atoms with Gasteiger partial charge in [-0.15, -0.1) is 0 Å². The molecule has 0 saturated heterocycles. The summed E-state index contributed by atoms with van der Waals surface area (Å²) in [6.07, 6.45) is -9.22. The van der Waals surface area contributed by atoms with Crippen molar-refractivity contribution in [2.24, 2.45) is 0 Å². The Bertz CT molecular complexity index is 1370. The lowest BCUT2D eigenvalue weighted by Crippen LogP contribution is -2.74. The molecule has 0 radical (unpaired) electrons. The van der Waals surface area contributed by atoms with Crippen molar-refractivity contribution in [2.75, 3.05) is 13.2 Å². The average molecular weight is 700 g/mol. The minimum atomic E-state index is -8.71. The quantitative estimate of drug-likeness (QED) is 0.112. The fraction of sp³-hybridized carbons (Fsp3) is 0.423. The molecule has 0 N–H and O–H groups in total. The summed E-state index contributed by atoms with van der Waals surface area (Å²) >= 11 is 0. The van der Waals surface area contributed by atoms with Gasteiger partial charge < -0.3 is 9.47 Å². The van der Waals surface area contributed by atoms with Crippen molar-refractivity contribution < 1.29 is 88.9 Å². The summed E-state index contributed by atoms with van der Waals surface area (Å²) < 4.78 is 236. The van der Waals surface area contributed by atoms with Gasteiger partial charge in [-0.25, -0.2) is 4.79 Å². The summed E-state index contributed by atoms with van der Waals surface area (Å²) in [5.74, 6) is -58.2. The number of alkyl halides is 17. The second-order valence-electron chi connectivity index (χ2n) is 9.24. The lowest BCUT2D eigenvalue weighted by molar-refractivity contribution is -0.461. The van der Waals surface area contributed by atoms with Crippen LogP contribution >= 0.6 is 0 Å². The predicted molar refractivity (Wildman–Crippen MR) is 123 cm³/mol. The number of hydrogen-bond acceptors (Lipinski definition) is 3. The molecule has 2 rings (SSSR count). The molecule has 0 aliphatic carbocycles. The lowest BCUT2D eigenvalue weighted by Gasteiger charge is -2.42. The molecule has 0 fully saturated rings. The van der Waals surface area contributed by atoms with Gasteiger partial charge in [0.25, 0.3) is 0 Å². The molecular formula is C26H17F17O3. The maximum absolute atomic E-state index is 14.0. The van der Waals surface area contributed by atoms with Crippen molar-refractivity contribution in [3.63, 3.8) is 0 Å². The van der Waals surface area contributed by atoms with Crippen molar-refractivity contribution in [3.05, 3.63) is 66.7 Å². The second kappa shape index (κ2) is 12.5. The topological polar surface area (TPSA) is 35.5 Å². The minimum Gasteiger partial charge on any atom is -0.490 e. The molecule has 0 bridgehead atoms. The van der Waals surface area contributed by atoms with Gasteiger partial charge in [-0.3, -0.25) is 0 Å². The molecule has 3 nitrogen and oxygen atoms in total. The number of benzene rings is 2. The molecular weight excluding hydrogens is 683 g/mol. The third-order valence-electron chi connectivity index (χ3n) is 6.11. The average Bonchev–Trinajstić information content (AvgIpc) is 2.95. The van der Waals surface area contributed by atoms with Crippen LogP contribution in [-0.2, 0) is 4.74 Å². The van der Waals surface area contributed by atoms with Crippen LogP contribution in [0.3, 0.4) is 0 Å². The van der Waals surface area contributed by atoms with Crippen LogP contribution in [0.25, 0.3) is 11.1 Å². The molecule has 258 valence electrons. The van der Waals surface area contributed by atoms with Crippen LogP contribution in [0.15, 0.2) is 61.2 Å². The van der Waals surface area contributed by atoms with E-state index in [2.05, 4.69) is 11.3 Å². The van der Waals surface area contributed by atoms with E-state index in [-0.39, 0.29) is 6.61 Å². The molecule has 20 heteroatoms. The molecule has 0 saturated carbocycles. The summed E-state index contributed by atoms with van der Waals surface area (Å²) in [4.78, 5) is 12.1. The van der Waals surface area contributed by atoms with Gasteiger partial charge in [0.2, 0.25) is 0 Å². The van der Waals surface area contributed by atoms with Gasteiger partial charge >= 0.3 is 53.6 Å². The largest absolute Gasteiger partial charge is 0.490 e. The Labute approximate surface area is 246 Å². The molecule has 0 unspecified atom stereocenters. The molecule has 0 aromatic heterocycles. The van der Waals surface area contributed by atoms with Gasteiger partial charge in [0.05, 0.1) is 18.6 Å². The number of rotatable bonds is 14. The molecule has 46 heavy (non-hydrogen) atoms. The molecule has 0 spiro atoms. The highest BCUT2D eigenvalue weighted by atomic mass is 19.4. The van der Waals surface area contributed by atoms with Crippen LogP contribution < -0.4 is 4.74 Å². The predicted octanol–water partition coefficient (Wildman–Crippen LogP) is 9.47. The molecule has 2 aromatic rings. The van der Waals surface area contributed by atoms with Gasteiger partial charge in [0, 0.05) is 0 Å². The van der Waals surface area contributed by atoms with Crippen LogP contribution in [0.5, 0.6) is 5.75 Å². The van der Waals surface area contributed by atoms with E-state index < -0.39 is 72.2 Å². The number of esters is 1. The van der Waals surface area contributed by atoms with Crippen molar-refractivity contribution in [3.8, 4) is 16.9 Å². The lowest BCUT2D eigenvalue weighted by atomic mass is 9.88. The fourth-order valence-corrected chi connectivity index (χ4v) is 3.41. The Morgan fingerprint density at radius 2 is 0.978 bits per heavy atom. The minimum absolute atomic E-state index is 0.205. The molecule has 0 aliphatic rings. The highest BCUT2D eigenvalue weighted by Gasteiger charge is 2.95. The molecule has 0 aliphatic heterocycles. The Balaban J connectivity index is 2.20. The van der Waals surface area contributed by atoms with E-state index in [9.17, 15) is 79.4 Å². The highest BCUT2D eigenvalue weighted by Crippen LogP contribution is 2.64. The zero-order valence-electron chi connectivity index (χ0n) is 22.2. The Morgan fingerprint density at radius 3 is 1.39 bits per heavy atom. The second-order valence-corrected chi connectivity index (χ2v) is 9.24. The van der Waals surface area contributed by atoms with E-state index in [0.717, 1.165) is 12.1 Å². The number of carbonyl (C=O) groups excluding carboxylic acids is 1. The van der Waals surface area contributed by atoms with E-state index in [4.69, 9.17) is 4.74 Å². The summed E-state index contributed by atoms with van der Waals surface area (Å²) in [6.45, 7) is 1.64. The van der Waals surface area contributed by atoms with Crippen LogP contribution in [0, 0.1) is 0 Å². The smallest absolute Gasteiger partial charge is 0.460 e. The Hall–Kier alpha value is -3.74. The summed E-state index contributed by atoms with van der Waals surface area (Å²) in [5.41, 5.74) is 0.515. The number of ether oxygens (including phenoxy) is 2. The van der Waals surface area contributed by atoms with E-state index >= 15 is 0 Å². The number of carbonyl (C=O) groups is 1. The van der Waals surface area contributed by atoms with E-state index in [1.54, 1.807) is 24.3 Å². The van der Waals surface area contributed by atoms with Gasteiger partial charge in [-0.1, -0.05) is 36.9 Å². The van der Waals surface area contributed by atoms with E-state index in [1.807, 2.05) is 0 Å². The monoisotopic (exact) mass is 700 g/mol. The van der Waals surface area contributed by atoms with Crippen molar-refractivity contribution in [1.29, 1.82) is 0 Å². The maximum Gasteiger partial charge on any atom is 0.460 e. The highest BCUT2D eigenvalue weighted by molar-refractivity contribution is 5.90. The fourth-order valence-electron chi connectivity index (χ4n) is 3.41. The van der Waals surface area contributed by atoms with Crippen LogP contribution in [0.1, 0.15) is 16.8 Å². The Morgan fingerprint density at radius 1 is 0.587 bits per heavy atom. The summed E-state index contributed by atoms with van der Waals surface area (Å²) in [5, 5.41) is 0. The summed E-state index contributed by atoms with van der Waals surface area (Å²) in [7, 11) is 0. The first kappa shape index (κ1) is 38.4. The van der Waals surface area contributed by atoms with Gasteiger partial charge in [0.15, 0.2) is 0 Å². The standard InChI is InChI=1S/C26H17F17O3/c1-2-12-45-17-9-7-15(8-10-17)14-3-5-16(6-4-14)18(44)46-13-11-19(27,28)20(29,30)21(31,32)22(33,34)23(35,36)24(37,38)25(39,40)26(41,42)43/h2-10H,1,11-13H2. The van der Waals surface area contributed by atoms with Crippen LogP contribution in [-0.4, -0.2) is 66.8 Å². The number of hydrogen-bond donors (Lipinski definition) is 0. The molecule has 0 heterocycles. The Kier molecular flexibility index (Phi) is 10.4. The first-order valence-electron chi connectivity index (χ1n) is 12.0. The normalized spacial score (nSPS) is 14.2. The molecule has 0 atom stereocenters. The first-order valence-corrected chi connectivity index (χ1v) is 12.0. The number of halogens is 17. The van der Waals surface area contributed by atoms with Gasteiger partial charge in [-0.2, -0.15) is 74.6 Å². The van der Waals surface area contributed by atoms with Crippen molar-refractivity contribution in [1.82, 2.24) is 0 Å².